The van der Waals surface area contributed by atoms with E-state index in [2.05, 4.69) is 21.2 Å². The lowest BCUT2D eigenvalue weighted by atomic mass is 10.1. The van der Waals surface area contributed by atoms with Gasteiger partial charge in [-0.3, -0.25) is 4.79 Å². The van der Waals surface area contributed by atoms with Gasteiger partial charge in [0, 0.05) is 10.0 Å². The van der Waals surface area contributed by atoms with Crippen molar-refractivity contribution in [3.8, 4) is 0 Å². The van der Waals surface area contributed by atoms with Crippen LogP contribution in [0.3, 0.4) is 0 Å². The molecule has 0 saturated heterocycles. The second kappa shape index (κ2) is 5.40. The SMILES string of the molecule is Cc1ccc(Br)c(NC(=O)c2ccc(N)c(F)c2)c1. The number of aryl methyl sites for hydroxylation is 1. The molecule has 0 heterocycles. The van der Waals surface area contributed by atoms with Gasteiger partial charge in [-0.05, 0) is 58.7 Å². The van der Waals surface area contributed by atoms with Crippen molar-refractivity contribution in [2.75, 3.05) is 11.1 Å². The molecule has 0 saturated carbocycles. The van der Waals surface area contributed by atoms with Crippen molar-refractivity contribution in [2.24, 2.45) is 0 Å². The van der Waals surface area contributed by atoms with E-state index < -0.39 is 5.82 Å². The number of hydrogen-bond acceptors (Lipinski definition) is 2. The number of benzene rings is 2. The number of anilines is 2. The zero-order chi connectivity index (χ0) is 14.0. The molecule has 0 aliphatic heterocycles. The van der Waals surface area contributed by atoms with E-state index in [1.807, 2.05) is 25.1 Å². The van der Waals surface area contributed by atoms with Crippen LogP contribution in [0.1, 0.15) is 15.9 Å². The summed E-state index contributed by atoms with van der Waals surface area (Å²) in [4.78, 5) is 12.0. The molecule has 3 N–H and O–H groups in total. The maximum Gasteiger partial charge on any atom is 0.255 e. The number of carbonyl (C=O) groups excluding carboxylic acids is 1. The lowest BCUT2D eigenvalue weighted by Gasteiger charge is -2.09. The van der Waals surface area contributed by atoms with E-state index in [-0.39, 0.29) is 17.2 Å². The molecule has 0 unspecified atom stereocenters. The van der Waals surface area contributed by atoms with Gasteiger partial charge < -0.3 is 11.1 Å². The average molecular weight is 323 g/mol. The van der Waals surface area contributed by atoms with Crippen molar-refractivity contribution in [3.63, 3.8) is 0 Å². The molecule has 0 atom stereocenters. The maximum absolute atomic E-state index is 13.3. The van der Waals surface area contributed by atoms with E-state index in [1.165, 1.54) is 12.1 Å². The molecule has 0 aliphatic rings. The molecule has 2 aromatic carbocycles. The summed E-state index contributed by atoms with van der Waals surface area (Å²) in [7, 11) is 0. The van der Waals surface area contributed by atoms with Crippen LogP contribution in [0.25, 0.3) is 0 Å². The zero-order valence-corrected chi connectivity index (χ0v) is 11.8. The minimum atomic E-state index is -0.601. The van der Waals surface area contributed by atoms with Crippen LogP contribution in [-0.2, 0) is 0 Å². The number of amides is 1. The summed E-state index contributed by atoms with van der Waals surface area (Å²) in [5.41, 5.74) is 7.27. The quantitative estimate of drug-likeness (QED) is 0.828. The first-order chi connectivity index (χ1) is 8.97. The summed E-state index contributed by atoms with van der Waals surface area (Å²) in [6.07, 6.45) is 0. The van der Waals surface area contributed by atoms with Gasteiger partial charge in [0.25, 0.3) is 5.91 Å². The van der Waals surface area contributed by atoms with Crippen molar-refractivity contribution in [1.29, 1.82) is 0 Å². The van der Waals surface area contributed by atoms with Crippen molar-refractivity contribution < 1.29 is 9.18 Å². The number of hydrogen-bond donors (Lipinski definition) is 2. The minimum Gasteiger partial charge on any atom is -0.396 e. The molecule has 3 nitrogen and oxygen atoms in total. The Hall–Kier alpha value is -1.88. The molecule has 0 aliphatic carbocycles. The van der Waals surface area contributed by atoms with Gasteiger partial charge in [0.1, 0.15) is 5.82 Å². The summed E-state index contributed by atoms with van der Waals surface area (Å²) >= 11 is 3.35. The van der Waals surface area contributed by atoms with Gasteiger partial charge in [-0.15, -0.1) is 0 Å². The number of halogens is 2. The number of rotatable bonds is 2. The highest BCUT2D eigenvalue weighted by molar-refractivity contribution is 9.10. The predicted molar refractivity (Wildman–Crippen MR) is 77.6 cm³/mol. The highest BCUT2D eigenvalue weighted by atomic mass is 79.9. The number of nitrogen functional groups attached to an aromatic ring is 1. The van der Waals surface area contributed by atoms with Gasteiger partial charge in [-0.1, -0.05) is 6.07 Å². The molecule has 0 bridgehead atoms. The van der Waals surface area contributed by atoms with E-state index >= 15 is 0 Å². The van der Waals surface area contributed by atoms with Crippen molar-refractivity contribution in [3.05, 3.63) is 57.8 Å². The van der Waals surface area contributed by atoms with Gasteiger partial charge in [-0.25, -0.2) is 4.39 Å². The van der Waals surface area contributed by atoms with Crippen molar-refractivity contribution in [1.82, 2.24) is 0 Å². The smallest absolute Gasteiger partial charge is 0.255 e. The molecule has 0 aromatic heterocycles. The highest BCUT2D eigenvalue weighted by Gasteiger charge is 2.10. The summed E-state index contributed by atoms with van der Waals surface area (Å²) < 4.78 is 14.1. The molecule has 2 rings (SSSR count). The first kappa shape index (κ1) is 13.5. The third-order valence-corrected chi connectivity index (χ3v) is 3.32. The molecule has 0 spiro atoms. The van der Waals surface area contributed by atoms with Gasteiger partial charge in [0.2, 0.25) is 0 Å². The zero-order valence-electron chi connectivity index (χ0n) is 10.2. The highest BCUT2D eigenvalue weighted by Crippen LogP contribution is 2.24. The van der Waals surface area contributed by atoms with E-state index in [0.29, 0.717) is 5.69 Å². The lowest BCUT2D eigenvalue weighted by Crippen LogP contribution is -2.13. The van der Waals surface area contributed by atoms with Crippen LogP contribution in [-0.4, -0.2) is 5.91 Å². The molecule has 0 radical (unpaired) electrons. The lowest BCUT2D eigenvalue weighted by molar-refractivity contribution is 0.102. The summed E-state index contributed by atoms with van der Waals surface area (Å²) in [6.45, 7) is 1.92. The van der Waals surface area contributed by atoms with Crippen LogP contribution >= 0.6 is 15.9 Å². The molecule has 2 aromatic rings. The van der Waals surface area contributed by atoms with Crippen LogP contribution in [0.15, 0.2) is 40.9 Å². The summed E-state index contributed by atoms with van der Waals surface area (Å²) in [6, 6.07) is 9.56. The Morgan fingerprint density at radius 1 is 1.26 bits per heavy atom. The first-order valence-electron chi connectivity index (χ1n) is 5.60. The van der Waals surface area contributed by atoms with E-state index in [9.17, 15) is 9.18 Å². The maximum atomic E-state index is 13.3. The summed E-state index contributed by atoms with van der Waals surface area (Å²) in [5, 5.41) is 2.72. The fourth-order valence-electron chi connectivity index (χ4n) is 1.60. The predicted octanol–water partition coefficient (Wildman–Crippen LogP) is 3.73. The number of nitrogens with one attached hydrogen (secondary N) is 1. The van der Waals surface area contributed by atoms with Gasteiger partial charge >= 0.3 is 0 Å². The Labute approximate surface area is 118 Å². The molecular formula is C14H12BrFN2O. The van der Waals surface area contributed by atoms with Crippen LogP contribution in [0.5, 0.6) is 0 Å². The second-order valence-electron chi connectivity index (χ2n) is 4.17. The van der Waals surface area contributed by atoms with E-state index in [4.69, 9.17) is 5.73 Å². The molecule has 0 fully saturated rings. The number of nitrogens with two attached hydrogens (primary N) is 1. The van der Waals surface area contributed by atoms with Crippen LogP contribution in [0, 0.1) is 12.7 Å². The van der Waals surface area contributed by atoms with Crippen LogP contribution in [0.2, 0.25) is 0 Å². The fraction of sp³-hybridized carbons (Fsp3) is 0.0714. The average Bonchev–Trinajstić information content (AvgIpc) is 2.37. The second-order valence-corrected chi connectivity index (χ2v) is 5.03. The van der Waals surface area contributed by atoms with E-state index in [0.717, 1.165) is 16.1 Å². The Balaban J connectivity index is 2.25. The molecule has 1 amide bonds. The first-order valence-corrected chi connectivity index (χ1v) is 6.39. The van der Waals surface area contributed by atoms with Crippen LogP contribution in [0.4, 0.5) is 15.8 Å². The van der Waals surface area contributed by atoms with Crippen LogP contribution < -0.4 is 11.1 Å². The number of carbonyl (C=O) groups is 1. The standard InChI is InChI=1S/C14H12BrFN2O/c1-8-2-4-10(15)13(6-8)18-14(19)9-3-5-12(17)11(16)7-9/h2-7H,17H2,1H3,(H,18,19). The Bertz CT molecular complexity index is 643. The Morgan fingerprint density at radius 3 is 2.68 bits per heavy atom. The monoisotopic (exact) mass is 322 g/mol. The molecular weight excluding hydrogens is 311 g/mol. The molecule has 19 heavy (non-hydrogen) atoms. The van der Waals surface area contributed by atoms with Gasteiger partial charge in [0.05, 0.1) is 11.4 Å². The summed E-state index contributed by atoms with van der Waals surface area (Å²) in [5.74, 6) is -0.985. The van der Waals surface area contributed by atoms with Crippen molar-refractivity contribution in [2.45, 2.75) is 6.92 Å². The molecule has 98 valence electrons. The van der Waals surface area contributed by atoms with Gasteiger partial charge in [-0.2, -0.15) is 0 Å². The largest absolute Gasteiger partial charge is 0.396 e. The van der Waals surface area contributed by atoms with E-state index in [1.54, 1.807) is 0 Å². The Morgan fingerprint density at radius 2 is 2.00 bits per heavy atom. The molecule has 5 heteroatoms. The van der Waals surface area contributed by atoms with Crippen molar-refractivity contribution >= 4 is 33.2 Å². The minimum absolute atomic E-state index is 0.0216. The fourth-order valence-corrected chi connectivity index (χ4v) is 1.94. The topological polar surface area (TPSA) is 55.1 Å². The third kappa shape index (κ3) is 3.12. The normalized spacial score (nSPS) is 10.3. The van der Waals surface area contributed by atoms with Gasteiger partial charge in [0.15, 0.2) is 0 Å². The third-order valence-electron chi connectivity index (χ3n) is 2.63. The Kier molecular flexibility index (Phi) is 3.85.